The first-order valence-corrected chi connectivity index (χ1v) is 7.54. The lowest BCUT2D eigenvalue weighted by Gasteiger charge is -2.13. The van der Waals surface area contributed by atoms with Crippen molar-refractivity contribution in [3.8, 4) is 5.75 Å². The van der Waals surface area contributed by atoms with E-state index in [1.54, 1.807) is 25.3 Å². The van der Waals surface area contributed by atoms with Crippen LogP contribution in [-0.4, -0.2) is 44.5 Å². The Morgan fingerprint density at radius 2 is 1.96 bits per heavy atom. The highest BCUT2D eigenvalue weighted by Gasteiger charge is 2.15. The van der Waals surface area contributed by atoms with Gasteiger partial charge in [0.2, 0.25) is 0 Å². The molecule has 0 saturated heterocycles. The quantitative estimate of drug-likeness (QED) is 0.386. The molecule has 0 aliphatic carbocycles. The van der Waals surface area contributed by atoms with E-state index in [0.717, 1.165) is 0 Å². The first kappa shape index (κ1) is 19.1. The molecule has 0 atom stereocenters. The number of nitrogens with one attached hydrogen (secondary N) is 3. The van der Waals surface area contributed by atoms with Crippen molar-refractivity contribution in [2.75, 3.05) is 27.4 Å². The molecule has 0 unspecified atom stereocenters. The van der Waals surface area contributed by atoms with E-state index in [-0.39, 0.29) is 10.7 Å². The number of methoxy groups -OCH3 is 2. The van der Waals surface area contributed by atoms with Gasteiger partial charge >= 0.3 is 6.09 Å². The molecule has 3 N–H and O–H groups in total. The van der Waals surface area contributed by atoms with Gasteiger partial charge in [-0.15, -0.1) is 0 Å². The highest BCUT2D eigenvalue weighted by Crippen LogP contribution is 2.23. The monoisotopic (exact) mass is 405 g/mol. The molecule has 1 aromatic carbocycles. The Bertz CT molecular complexity index is 585. The molecule has 0 saturated carbocycles. The second-order valence-electron chi connectivity index (χ2n) is 4.01. The lowest BCUT2D eigenvalue weighted by molar-refractivity contribution is 0.0967. The molecule has 0 radical (unpaired) electrons. The normalized spacial score (nSPS) is 9.70. The van der Waals surface area contributed by atoms with Crippen LogP contribution < -0.4 is 20.9 Å². The highest BCUT2D eigenvalue weighted by molar-refractivity contribution is 9.10. The number of amides is 2. The first-order chi connectivity index (χ1) is 11.0. The van der Waals surface area contributed by atoms with E-state index in [1.165, 1.54) is 7.11 Å². The number of hydrazine groups is 1. The Morgan fingerprint density at radius 1 is 1.22 bits per heavy atom. The smallest absolute Gasteiger partial charge is 0.425 e. The second-order valence-corrected chi connectivity index (χ2v) is 5.33. The van der Waals surface area contributed by atoms with Gasteiger partial charge in [-0.1, -0.05) is 15.9 Å². The van der Waals surface area contributed by atoms with Crippen molar-refractivity contribution in [1.29, 1.82) is 0 Å². The number of hydrogen-bond donors (Lipinski definition) is 3. The predicted molar refractivity (Wildman–Crippen MR) is 90.3 cm³/mol. The van der Waals surface area contributed by atoms with Crippen LogP contribution in [0.25, 0.3) is 0 Å². The van der Waals surface area contributed by atoms with Gasteiger partial charge in [-0.3, -0.25) is 15.5 Å². The molecule has 0 aromatic heterocycles. The molecule has 0 spiro atoms. The van der Waals surface area contributed by atoms with Crippen molar-refractivity contribution < 1.29 is 23.8 Å². The summed E-state index contributed by atoms with van der Waals surface area (Å²) in [7, 11) is 2.75. The van der Waals surface area contributed by atoms with Crippen LogP contribution in [0.15, 0.2) is 22.7 Å². The summed E-state index contributed by atoms with van der Waals surface area (Å²) in [5.74, 6) is -0.116. The van der Waals surface area contributed by atoms with Crippen LogP contribution in [0, 0.1) is 0 Å². The molecular formula is C13H16BrN3O5S. The van der Waals surface area contributed by atoms with Gasteiger partial charge in [0, 0.05) is 11.6 Å². The van der Waals surface area contributed by atoms with Crippen LogP contribution in [0.4, 0.5) is 4.79 Å². The molecule has 8 nitrogen and oxygen atoms in total. The zero-order valence-electron chi connectivity index (χ0n) is 12.5. The van der Waals surface area contributed by atoms with E-state index in [9.17, 15) is 9.59 Å². The van der Waals surface area contributed by atoms with Crippen molar-refractivity contribution in [3.05, 3.63) is 28.2 Å². The fourth-order valence-electron chi connectivity index (χ4n) is 1.40. The summed E-state index contributed by atoms with van der Waals surface area (Å²) in [6.07, 6.45) is -0.743. The van der Waals surface area contributed by atoms with Crippen molar-refractivity contribution >= 4 is 45.3 Å². The van der Waals surface area contributed by atoms with Crippen molar-refractivity contribution in [2.24, 2.45) is 0 Å². The number of carbonyl (C=O) groups excluding carboxylic acids is 2. The zero-order chi connectivity index (χ0) is 17.2. The van der Waals surface area contributed by atoms with Gasteiger partial charge in [-0.2, -0.15) is 0 Å². The van der Waals surface area contributed by atoms with Crippen molar-refractivity contribution in [2.45, 2.75) is 0 Å². The maximum atomic E-state index is 12.3. The Hall–Kier alpha value is -1.91. The summed E-state index contributed by atoms with van der Waals surface area (Å²) >= 11 is 8.18. The average Bonchev–Trinajstić information content (AvgIpc) is 2.53. The van der Waals surface area contributed by atoms with Crippen molar-refractivity contribution in [3.63, 3.8) is 0 Å². The van der Waals surface area contributed by atoms with Gasteiger partial charge in [-0.25, -0.2) is 10.2 Å². The molecule has 0 aliphatic heterocycles. The molecule has 0 heterocycles. The molecule has 1 aromatic rings. The van der Waals surface area contributed by atoms with Crippen LogP contribution in [0.1, 0.15) is 10.4 Å². The molecule has 0 fully saturated rings. The molecular weight excluding hydrogens is 390 g/mol. The van der Waals surface area contributed by atoms with Gasteiger partial charge < -0.3 is 14.2 Å². The minimum Gasteiger partial charge on any atom is -0.490 e. The first-order valence-electron chi connectivity index (χ1n) is 6.34. The number of carbonyl (C=O) groups is 2. The van der Waals surface area contributed by atoms with Crippen LogP contribution in [0.3, 0.4) is 0 Å². The summed E-state index contributed by atoms with van der Waals surface area (Å²) < 4.78 is 15.4. The Morgan fingerprint density at radius 3 is 2.61 bits per heavy atom. The third kappa shape index (κ3) is 6.80. The summed E-state index contributed by atoms with van der Waals surface area (Å²) in [4.78, 5) is 23.2. The molecule has 2 amide bonds. The number of ether oxygens (including phenoxy) is 3. The molecule has 126 valence electrons. The van der Waals surface area contributed by atoms with Gasteiger partial charge in [0.05, 0.1) is 19.3 Å². The van der Waals surface area contributed by atoms with Crippen LogP contribution in [0.2, 0.25) is 0 Å². The summed E-state index contributed by atoms with van der Waals surface area (Å²) in [6, 6.07) is 4.99. The third-order valence-electron chi connectivity index (χ3n) is 2.42. The Kier molecular flexibility index (Phi) is 8.30. The van der Waals surface area contributed by atoms with E-state index < -0.39 is 12.0 Å². The van der Waals surface area contributed by atoms with E-state index in [0.29, 0.717) is 23.4 Å². The number of halogens is 1. The maximum Gasteiger partial charge on any atom is 0.425 e. The number of rotatable bonds is 5. The van der Waals surface area contributed by atoms with Crippen LogP contribution in [0.5, 0.6) is 5.75 Å². The average molecular weight is 406 g/mol. The Labute approximate surface area is 146 Å². The molecule has 0 bridgehead atoms. The predicted octanol–water partition coefficient (Wildman–Crippen LogP) is 1.35. The zero-order valence-corrected chi connectivity index (χ0v) is 14.9. The largest absolute Gasteiger partial charge is 0.490 e. The fraction of sp³-hybridized carbons (Fsp3) is 0.308. The van der Waals surface area contributed by atoms with E-state index in [1.807, 2.05) is 0 Å². The summed E-state index contributed by atoms with van der Waals surface area (Å²) in [5.41, 5.74) is 4.73. The molecule has 23 heavy (non-hydrogen) atoms. The van der Waals surface area contributed by atoms with E-state index in [4.69, 9.17) is 21.7 Å². The van der Waals surface area contributed by atoms with Crippen LogP contribution >= 0.6 is 28.1 Å². The van der Waals surface area contributed by atoms with Gasteiger partial charge in [0.25, 0.3) is 5.91 Å². The maximum absolute atomic E-state index is 12.3. The van der Waals surface area contributed by atoms with Gasteiger partial charge in [0.1, 0.15) is 12.4 Å². The Balaban J connectivity index is 2.71. The lowest BCUT2D eigenvalue weighted by Crippen LogP contribution is -2.48. The van der Waals surface area contributed by atoms with E-state index in [2.05, 4.69) is 36.8 Å². The SMILES string of the molecule is COCCOc1ccc(Br)cc1C(=O)NC(=S)NNC(=O)OC. The topological polar surface area (TPSA) is 97.9 Å². The standard InChI is InChI=1S/C13H16BrN3O5S/c1-20-5-6-22-10-4-3-8(14)7-9(10)11(18)15-12(23)16-17-13(19)21-2/h3-4,7H,5-6H2,1-2H3,(H,17,19)(H2,15,16,18,23). The molecule has 10 heteroatoms. The lowest BCUT2D eigenvalue weighted by atomic mass is 10.2. The fourth-order valence-corrected chi connectivity index (χ4v) is 1.91. The third-order valence-corrected chi connectivity index (χ3v) is 3.12. The highest BCUT2D eigenvalue weighted by atomic mass is 79.9. The second kappa shape index (κ2) is 9.98. The van der Waals surface area contributed by atoms with Gasteiger partial charge in [0.15, 0.2) is 5.11 Å². The van der Waals surface area contributed by atoms with Gasteiger partial charge in [-0.05, 0) is 30.4 Å². The molecule has 1 rings (SSSR count). The van der Waals surface area contributed by atoms with E-state index >= 15 is 0 Å². The number of hydrogen-bond acceptors (Lipinski definition) is 6. The van der Waals surface area contributed by atoms with Crippen LogP contribution in [-0.2, 0) is 9.47 Å². The minimum atomic E-state index is -0.743. The number of benzene rings is 1. The van der Waals surface area contributed by atoms with Crippen molar-refractivity contribution in [1.82, 2.24) is 16.2 Å². The minimum absolute atomic E-state index is 0.0942. The summed E-state index contributed by atoms with van der Waals surface area (Å²) in [6.45, 7) is 0.686. The summed E-state index contributed by atoms with van der Waals surface area (Å²) in [5, 5.41) is 2.32. The number of thiocarbonyl (C=S) groups is 1. The molecule has 0 aliphatic rings.